The van der Waals surface area contributed by atoms with Crippen LogP contribution in [0.15, 0.2) is 59.7 Å². The Balaban J connectivity index is 2.02. The first-order valence-corrected chi connectivity index (χ1v) is 8.38. The molecule has 3 aromatic rings. The number of aromatic nitrogens is 2. The van der Waals surface area contributed by atoms with Crippen molar-refractivity contribution in [1.29, 1.82) is 0 Å². The molecule has 1 atom stereocenters. The number of carbonyl (C=O) groups excluding carboxylic acids is 1. The Kier molecular flexibility index (Phi) is 4.86. The van der Waals surface area contributed by atoms with Gasteiger partial charge in [0.2, 0.25) is 5.91 Å². The Morgan fingerprint density at radius 2 is 1.80 bits per heavy atom. The fraction of sp³-hybridized carbons (Fsp3) is 0.211. The zero-order valence-electron chi connectivity index (χ0n) is 13.9. The SMILES string of the molecule is CC(C)C(C(=O)Nc1ccccc1Cl)n1cnc2ccccc2c1=O. The average molecular weight is 356 g/mol. The Morgan fingerprint density at radius 1 is 1.12 bits per heavy atom. The molecule has 0 saturated carbocycles. The lowest BCUT2D eigenvalue weighted by Crippen LogP contribution is -2.36. The highest BCUT2D eigenvalue weighted by atomic mass is 35.5. The van der Waals surface area contributed by atoms with E-state index in [9.17, 15) is 9.59 Å². The molecule has 1 unspecified atom stereocenters. The van der Waals surface area contributed by atoms with Crippen LogP contribution in [0.1, 0.15) is 19.9 Å². The standard InChI is InChI=1S/C19H18ClN3O2/c1-12(2)17(18(24)22-16-10-6-4-8-14(16)20)23-11-21-15-9-5-3-7-13(15)19(23)25/h3-12,17H,1-2H3,(H,22,24). The maximum Gasteiger partial charge on any atom is 0.261 e. The summed E-state index contributed by atoms with van der Waals surface area (Å²) in [6, 6.07) is 13.4. The fourth-order valence-corrected chi connectivity index (χ4v) is 2.98. The Hall–Kier alpha value is -2.66. The molecule has 0 aliphatic heterocycles. The van der Waals surface area contributed by atoms with Crippen LogP contribution in [0.2, 0.25) is 5.02 Å². The molecule has 1 heterocycles. The molecular formula is C19H18ClN3O2. The number of rotatable bonds is 4. The monoisotopic (exact) mass is 355 g/mol. The Labute approximate surface area is 150 Å². The van der Waals surface area contributed by atoms with Gasteiger partial charge in [-0.15, -0.1) is 0 Å². The summed E-state index contributed by atoms with van der Waals surface area (Å²) >= 11 is 6.11. The van der Waals surface area contributed by atoms with Gasteiger partial charge in [-0.3, -0.25) is 14.2 Å². The Bertz CT molecular complexity index is 982. The summed E-state index contributed by atoms with van der Waals surface area (Å²) in [4.78, 5) is 30.0. The van der Waals surface area contributed by atoms with Gasteiger partial charge in [0.25, 0.3) is 5.56 Å². The van der Waals surface area contributed by atoms with Gasteiger partial charge in [-0.2, -0.15) is 0 Å². The van der Waals surface area contributed by atoms with Crippen molar-refractivity contribution in [3.63, 3.8) is 0 Å². The van der Waals surface area contributed by atoms with Crippen LogP contribution in [-0.4, -0.2) is 15.5 Å². The van der Waals surface area contributed by atoms with Crippen LogP contribution < -0.4 is 10.9 Å². The Morgan fingerprint density at radius 3 is 2.52 bits per heavy atom. The zero-order chi connectivity index (χ0) is 18.0. The lowest BCUT2D eigenvalue weighted by molar-refractivity contribution is -0.120. The predicted molar refractivity (Wildman–Crippen MR) is 100.0 cm³/mol. The number of amides is 1. The molecule has 6 heteroatoms. The van der Waals surface area contributed by atoms with Gasteiger partial charge in [0, 0.05) is 0 Å². The van der Waals surface area contributed by atoms with Crippen molar-refractivity contribution < 1.29 is 4.79 Å². The third kappa shape index (κ3) is 3.42. The van der Waals surface area contributed by atoms with Crippen molar-refractivity contribution in [3.8, 4) is 0 Å². The van der Waals surface area contributed by atoms with E-state index in [2.05, 4.69) is 10.3 Å². The molecule has 0 spiro atoms. The minimum absolute atomic E-state index is 0.108. The van der Waals surface area contributed by atoms with Gasteiger partial charge in [0.05, 0.1) is 27.9 Å². The van der Waals surface area contributed by atoms with E-state index < -0.39 is 6.04 Å². The molecule has 1 N–H and O–H groups in total. The maximum absolute atomic E-state index is 12.8. The first kappa shape index (κ1) is 17.2. The zero-order valence-corrected chi connectivity index (χ0v) is 14.7. The van der Waals surface area contributed by atoms with Gasteiger partial charge in [-0.1, -0.05) is 49.7 Å². The van der Waals surface area contributed by atoms with E-state index in [4.69, 9.17) is 11.6 Å². The number of hydrogen-bond donors (Lipinski definition) is 1. The van der Waals surface area contributed by atoms with Crippen molar-refractivity contribution in [2.75, 3.05) is 5.32 Å². The van der Waals surface area contributed by atoms with Crippen LogP contribution in [-0.2, 0) is 4.79 Å². The molecule has 0 fully saturated rings. The number of nitrogens with zero attached hydrogens (tertiary/aromatic N) is 2. The molecular weight excluding hydrogens is 338 g/mol. The van der Waals surface area contributed by atoms with Crippen LogP contribution in [0.4, 0.5) is 5.69 Å². The molecule has 25 heavy (non-hydrogen) atoms. The van der Waals surface area contributed by atoms with Gasteiger partial charge in [0.1, 0.15) is 6.04 Å². The molecule has 5 nitrogen and oxygen atoms in total. The minimum Gasteiger partial charge on any atom is -0.323 e. The molecule has 0 saturated heterocycles. The fourth-order valence-electron chi connectivity index (χ4n) is 2.80. The van der Waals surface area contributed by atoms with Gasteiger partial charge < -0.3 is 5.32 Å². The predicted octanol–water partition coefficient (Wildman–Crippen LogP) is 3.89. The molecule has 3 rings (SSSR count). The third-order valence-corrected chi connectivity index (χ3v) is 4.35. The number of anilines is 1. The second kappa shape index (κ2) is 7.07. The van der Waals surface area contributed by atoms with Crippen LogP contribution in [0, 0.1) is 5.92 Å². The van der Waals surface area contributed by atoms with Crippen molar-refractivity contribution >= 4 is 34.1 Å². The largest absolute Gasteiger partial charge is 0.323 e. The van der Waals surface area contributed by atoms with E-state index in [1.165, 1.54) is 10.9 Å². The van der Waals surface area contributed by atoms with Crippen molar-refractivity contribution in [2.45, 2.75) is 19.9 Å². The summed E-state index contributed by atoms with van der Waals surface area (Å²) in [6.45, 7) is 3.77. The summed E-state index contributed by atoms with van der Waals surface area (Å²) in [7, 11) is 0. The maximum atomic E-state index is 12.8. The average Bonchev–Trinajstić information content (AvgIpc) is 2.59. The van der Waals surface area contributed by atoms with Crippen LogP contribution in [0.5, 0.6) is 0 Å². The topological polar surface area (TPSA) is 64.0 Å². The highest BCUT2D eigenvalue weighted by Gasteiger charge is 2.26. The van der Waals surface area contributed by atoms with Crippen LogP contribution >= 0.6 is 11.6 Å². The molecule has 2 aromatic carbocycles. The molecule has 1 aromatic heterocycles. The minimum atomic E-state index is -0.694. The third-order valence-electron chi connectivity index (χ3n) is 4.02. The van der Waals surface area contributed by atoms with Crippen molar-refractivity contribution in [1.82, 2.24) is 9.55 Å². The molecule has 0 radical (unpaired) electrons. The number of carbonyl (C=O) groups is 1. The van der Waals surface area contributed by atoms with E-state index in [0.717, 1.165) is 0 Å². The van der Waals surface area contributed by atoms with E-state index in [0.29, 0.717) is 21.6 Å². The normalized spacial score (nSPS) is 12.3. The number of halogens is 1. The number of para-hydroxylation sites is 2. The first-order valence-electron chi connectivity index (χ1n) is 8.00. The highest BCUT2D eigenvalue weighted by Crippen LogP contribution is 2.24. The molecule has 0 bridgehead atoms. The van der Waals surface area contributed by atoms with Gasteiger partial charge >= 0.3 is 0 Å². The molecule has 0 aliphatic rings. The van der Waals surface area contributed by atoms with Gasteiger partial charge in [-0.25, -0.2) is 4.98 Å². The highest BCUT2D eigenvalue weighted by molar-refractivity contribution is 6.33. The summed E-state index contributed by atoms with van der Waals surface area (Å²) in [6.07, 6.45) is 1.43. The lowest BCUT2D eigenvalue weighted by Gasteiger charge is -2.23. The molecule has 0 aliphatic carbocycles. The first-order chi connectivity index (χ1) is 12.0. The van der Waals surface area contributed by atoms with Crippen molar-refractivity contribution in [2.24, 2.45) is 5.92 Å². The second-order valence-electron chi connectivity index (χ2n) is 6.13. The van der Waals surface area contributed by atoms with E-state index in [-0.39, 0.29) is 17.4 Å². The van der Waals surface area contributed by atoms with Gasteiger partial charge in [-0.05, 0) is 30.2 Å². The van der Waals surface area contributed by atoms with E-state index in [1.54, 1.807) is 42.5 Å². The second-order valence-corrected chi connectivity index (χ2v) is 6.54. The van der Waals surface area contributed by atoms with Crippen molar-refractivity contribution in [3.05, 3.63) is 70.2 Å². The van der Waals surface area contributed by atoms with Gasteiger partial charge in [0.15, 0.2) is 0 Å². The summed E-state index contributed by atoms with van der Waals surface area (Å²) < 4.78 is 1.39. The number of fused-ring (bicyclic) bond motifs is 1. The summed E-state index contributed by atoms with van der Waals surface area (Å²) in [5.74, 6) is -0.412. The summed E-state index contributed by atoms with van der Waals surface area (Å²) in [5, 5.41) is 3.74. The lowest BCUT2D eigenvalue weighted by atomic mass is 10.0. The van der Waals surface area contributed by atoms with E-state index >= 15 is 0 Å². The number of nitrogens with one attached hydrogen (secondary N) is 1. The smallest absolute Gasteiger partial charge is 0.261 e. The number of hydrogen-bond acceptors (Lipinski definition) is 3. The van der Waals surface area contributed by atoms with Crippen LogP contribution in [0.25, 0.3) is 10.9 Å². The molecule has 128 valence electrons. The quantitative estimate of drug-likeness (QED) is 0.772. The number of benzene rings is 2. The van der Waals surface area contributed by atoms with E-state index in [1.807, 2.05) is 19.9 Å². The van der Waals surface area contributed by atoms with Crippen LogP contribution in [0.3, 0.4) is 0 Å². The summed E-state index contributed by atoms with van der Waals surface area (Å²) in [5.41, 5.74) is 0.887. The molecule has 1 amide bonds.